The number of halogens is 6. The summed E-state index contributed by atoms with van der Waals surface area (Å²) < 4.78 is 81.2. The van der Waals surface area contributed by atoms with Crippen molar-refractivity contribution >= 4 is 23.3 Å². The summed E-state index contributed by atoms with van der Waals surface area (Å²) in [4.78, 5) is 20.9. The van der Waals surface area contributed by atoms with Crippen molar-refractivity contribution in [3.8, 4) is 6.01 Å². The second kappa shape index (κ2) is 10.9. The number of anilines is 3. The molecule has 0 amide bonds. The van der Waals surface area contributed by atoms with E-state index in [0.717, 1.165) is 25.0 Å². The van der Waals surface area contributed by atoms with Crippen molar-refractivity contribution in [2.75, 3.05) is 23.7 Å². The van der Waals surface area contributed by atoms with Crippen LogP contribution < -0.4 is 21.1 Å². The van der Waals surface area contributed by atoms with Crippen LogP contribution in [0.1, 0.15) is 19.3 Å². The lowest BCUT2D eigenvalue weighted by Crippen LogP contribution is -2.47. The third kappa shape index (κ3) is 8.21. The Morgan fingerprint density at radius 2 is 1.58 bits per heavy atom. The fourth-order valence-electron chi connectivity index (χ4n) is 2.41. The normalized spacial score (nSPS) is 12.0. The Kier molecular flexibility index (Phi) is 8.56. The van der Waals surface area contributed by atoms with Gasteiger partial charge in [0.1, 0.15) is 0 Å². The van der Waals surface area contributed by atoms with Crippen LogP contribution in [-0.2, 0) is 0 Å². The highest BCUT2D eigenvalue weighted by Crippen LogP contribution is 2.36. The molecule has 16 heteroatoms. The molecule has 182 valence electrons. The Bertz CT molecular complexity index is 911. The highest BCUT2D eigenvalue weighted by Gasteiger charge is 2.59. The van der Waals surface area contributed by atoms with Crippen molar-refractivity contribution in [2.24, 2.45) is 5.73 Å². The fraction of sp³-hybridized carbons (Fsp3) is 0.471. The molecule has 0 aliphatic heterocycles. The van der Waals surface area contributed by atoms with Crippen molar-refractivity contribution in [1.29, 1.82) is 0 Å². The molecule has 2 aromatic rings. The Morgan fingerprint density at radius 1 is 0.970 bits per heavy atom. The number of nitro groups is 1. The summed E-state index contributed by atoms with van der Waals surface area (Å²) in [5.74, 6) is -0.776. The number of alkyl halides is 6. The van der Waals surface area contributed by atoms with Gasteiger partial charge >= 0.3 is 18.4 Å². The summed E-state index contributed by atoms with van der Waals surface area (Å²) in [6, 6.07) is 3.52. The largest absolute Gasteiger partial charge is 0.440 e. The van der Waals surface area contributed by atoms with Crippen molar-refractivity contribution < 1.29 is 36.0 Å². The zero-order valence-corrected chi connectivity index (χ0v) is 16.8. The highest BCUT2D eigenvalue weighted by atomic mass is 19.4. The van der Waals surface area contributed by atoms with Crippen LogP contribution >= 0.6 is 0 Å². The van der Waals surface area contributed by atoms with Gasteiger partial charge in [-0.1, -0.05) is 6.42 Å². The molecule has 0 unspecified atom stereocenters. The second-order valence-electron chi connectivity index (χ2n) is 6.55. The van der Waals surface area contributed by atoms with Gasteiger partial charge in [0.2, 0.25) is 11.9 Å². The Morgan fingerprint density at radius 3 is 2.12 bits per heavy atom. The topological polar surface area (TPSA) is 141 Å². The van der Waals surface area contributed by atoms with Crippen molar-refractivity contribution in [1.82, 2.24) is 15.0 Å². The van der Waals surface area contributed by atoms with Crippen LogP contribution in [0.2, 0.25) is 0 Å². The number of nitrogens with one attached hydrogen (secondary N) is 2. The summed E-state index contributed by atoms with van der Waals surface area (Å²) in [6.45, 7) is 0.714. The van der Waals surface area contributed by atoms with Crippen molar-refractivity contribution in [3.63, 3.8) is 0 Å². The predicted molar refractivity (Wildman–Crippen MR) is 104 cm³/mol. The molecular formula is C17H19F6N7O3. The van der Waals surface area contributed by atoms with E-state index < -0.39 is 35.3 Å². The van der Waals surface area contributed by atoms with Crippen molar-refractivity contribution in [2.45, 2.75) is 37.7 Å². The first kappa shape index (κ1) is 25.8. The summed E-state index contributed by atoms with van der Waals surface area (Å²) in [5, 5.41) is 15.9. The summed E-state index contributed by atoms with van der Waals surface area (Å²) in [7, 11) is 0. The maximum Gasteiger partial charge on any atom is 0.434 e. The number of nitrogens with two attached hydrogens (primary N) is 1. The Labute approximate surface area is 182 Å². The average Bonchev–Trinajstić information content (AvgIpc) is 2.70. The standard InChI is InChI=1S/C17H19F6N7O3/c18-16(19,20)12(17(21,22)23)33-15-28-13(25-9-3-1-2-8-24)27-14(29-15)26-10-4-6-11(7-5-10)30(31)32/h4-7,12H,1-3,8-9,24H2,(H2,25,26,27,28,29). The lowest BCUT2D eigenvalue weighted by atomic mass is 10.2. The van der Waals surface area contributed by atoms with Gasteiger partial charge < -0.3 is 21.1 Å². The van der Waals surface area contributed by atoms with Crippen LogP contribution in [0.15, 0.2) is 24.3 Å². The van der Waals surface area contributed by atoms with Gasteiger partial charge in [-0.2, -0.15) is 41.3 Å². The number of nitro benzene ring substituents is 1. The predicted octanol–water partition coefficient (Wildman–Crippen LogP) is 3.94. The third-order valence-electron chi connectivity index (χ3n) is 3.93. The molecule has 10 nitrogen and oxygen atoms in total. The lowest BCUT2D eigenvalue weighted by Gasteiger charge is -2.23. The third-order valence-corrected chi connectivity index (χ3v) is 3.93. The molecule has 4 N–H and O–H groups in total. The van der Waals surface area contributed by atoms with Gasteiger partial charge in [-0.15, -0.1) is 0 Å². The van der Waals surface area contributed by atoms with Crippen LogP contribution in [0.3, 0.4) is 0 Å². The SMILES string of the molecule is NCCCCCNc1nc(Nc2ccc([N+](=O)[O-])cc2)nc(OC(C(F)(F)F)C(F)(F)F)n1. The first-order valence-corrected chi connectivity index (χ1v) is 9.41. The maximum atomic E-state index is 12.9. The molecule has 0 spiro atoms. The van der Waals surface area contributed by atoms with Gasteiger partial charge in [0.15, 0.2) is 0 Å². The Balaban J connectivity index is 2.29. The number of nitrogens with zero attached hydrogens (tertiary/aromatic N) is 4. The summed E-state index contributed by atoms with van der Waals surface area (Å²) >= 11 is 0. The molecule has 0 aliphatic rings. The minimum absolute atomic E-state index is 0.176. The molecular weight excluding hydrogens is 464 g/mol. The minimum atomic E-state index is -5.77. The van der Waals surface area contributed by atoms with E-state index in [1.165, 1.54) is 12.1 Å². The van der Waals surface area contributed by atoms with Gasteiger partial charge in [0.25, 0.3) is 11.8 Å². The number of unbranched alkanes of at least 4 members (excludes halogenated alkanes) is 2. The van der Waals surface area contributed by atoms with E-state index in [9.17, 15) is 36.5 Å². The summed E-state index contributed by atoms with van der Waals surface area (Å²) in [5.41, 5.74) is 5.32. The molecule has 1 aromatic heterocycles. The van der Waals surface area contributed by atoms with Gasteiger partial charge in [-0.3, -0.25) is 10.1 Å². The minimum Gasteiger partial charge on any atom is -0.440 e. The quantitative estimate of drug-likeness (QED) is 0.188. The van der Waals surface area contributed by atoms with E-state index in [-0.39, 0.29) is 23.9 Å². The maximum absolute atomic E-state index is 12.9. The lowest BCUT2D eigenvalue weighted by molar-refractivity contribution is -0.384. The smallest absolute Gasteiger partial charge is 0.434 e. The van der Waals surface area contributed by atoms with Gasteiger partial charge in [0.05, 0.1) is 4.92 Å². The summed E-state index contributed by atoms with van der Waals surface area (Å²) in [6.07, 6.45) is -13.7. The molecule has 0 saturated heterocycles. The van der Waals surface area contributed by atoms with Crippen molar-refractivity contribution in [3.05, 3.63) is 34.4 Å². The fourth-order valence-corrected chi connectivity index (χ4v) is 2.41. The monoisotopic (exact) mass is 483 g/mol. The van der Waals surface area contributed by atoms with Crippen LogP contribution in [0.25, 0.3) is 0 Å². The highest BCUT2D eigenvalue weighted by molar-refractivity contribution is 5.56. The van der Waals surface area contributed by atoms with E-state index in [1.807, 2.05) is 0 Å². The number of non-ortho nitro benzene ring substituents is 1. The number of benzene rings is 1. The molecule has 1 aromatic carbocycles. The molecule has 33 heavy (non-hydrogen) atoms. The molecule has 1 heterocycles. The van der Waals surface area contributed by atoms with E-state index in [2.05, 4.69) is 30.3 Å². The molecule has 2 rings (SSSR count). The molecule has 0 atom stereocenters. The number of ether oxygens (including phenoxy) is 1. The average molecular weight is 483 g/mol. The van der Waals surface area contributed by atoms with Gasteiger partial charge in [0, 0.05) is 24.4 Å². The second-order valence-corrected chi connectivity index (χ2v) is 6.55. The van der Waals surface area contributed by atoms with Crippen LogP contribution in [0, 0.1) is 10.1 Å². The van der Waals surface area contributed by atoms with Gasteiger partial charge in [-0.25, -0.2) is 0 Å². The first-order valence-electron chi connectivity index (χ1n) is 9.41. The molecule has 0 radical (unpaired) electrons. The number of hydrogen-bond acceptors (Lipinski definition) is 9. The van der Waals surface area contributed by atoms with E-state index in [1.54, 1.807) is 0 Å². The van der Waals surface area contributed by atoms with E-state index in [4.69, 9.17) is 5.73 Å². The van der Waals surface area contributed by atoms with Crippen LogP contribution in [0.4, 0.5) is 49.6 Å². The Hall–Kier alpha value is -3.43. The number of rotatable bonds is 11. The van der Waals surface area contributed by atoms with E-state index in [0.29, 0.717) is 13.0 Å². The number of hydrogen-bond donors (Lipinski definition) is 3. The zero-order chi connectivity index (χ0) is 24.6. The first-order chi connectivity index (χ1) is 15.4. The van der Waals surface area contributed by atoms with Gasteiger partial charge in [-0.05, 0) is 31.5 Å². The van der Waals surface area contributed by atoms with E-state index >= 15 is 0 Å². The molecule has 0 bridgehead atoms. The van der Waals surface area contributed by atoms with Crippen LogP contribution in [-0.4, -0.2) is 51.4 Å². The molecule has 0 aliphatic carbocycles. The molecule has 0 saturated carbocycles. The molecule has 0 fully saturated rings. The van der Waals surface area contributed by atoms with Crippen LogP contribution in [0.5, 0.6) is 6.01 Å². The number of aromatic nitrogens is 3. The zero-order valence-electron chi connectivity index (χ0n) is 16.8.